The summed E-state index contributed by atoms with van der Waals surface area (Å²) in [4.78, 5) is 11.9. The molecule has 1 fully saturated rings. The molecule has 1 aliphatic carbocycles. The van der Waals surface area contributed by atoms with Crippen molar-refractivity contribution in [1.82, 2.24) is 9.88 Å². The van der Waals surface area contributed by atoms with Crippen molar-refractivity contribution in [2.24, 2.45) is 5.92 Å². The van der Waals surface area contributed by atoms with Crippen LogP contribution < -0.4 is 5.32 Å². The van der Waals surface area contributed by atoms with E-state index < -0.39 is 0 Å². The average molecular weight is 244 g/mol. The van der Waals surface area contributed by atoms with Gasteiger partial charge in [0.2, 0.25) is 5.91 Å². The van der Waals surface area contributed by atoms with E-state index in [-0.39, 0.29) is 17.7 Å². The Bertz CT molecular complexity index is 502. The Morgan fingerprint density at radius 3 is 2.94 bits per heavy atom. The molecule has 3 rings (SSSR count). The molecule has 94 valence electrons. The quantitative estimate of drug-likeness (QED) is 0.874. The van der Waals surface area contributed by atoms with Crippen molar-refractivity contribution in [1.29, 1.82) is 0 Å². The van der Waals surface area contributed by atoms with Gasteiger partial charge in [0, 0.05) is 37.3 Å². The number of nitrogens with zero attached hydrogens (tertiary/aromatic N) is 1. The number of carbonyl (C=O) groups is 1. The first-order valence-corrected chi connectivity index (χ1v) is 6.26. The zero-order valence-electron chi connectivity index (χ0n) is 10.1. The topological polar surface area (TPSA) is 47.2 Å². The highest BCUT2D eigenvalue weighted by Gasteiger charge is 2.45. The highest BCUT2D eigenvalue weighted by molar-refractivity contribution is 5.82. The maximum absolute atomic E-state index is 11.9. The summed E-state index contributed by atoms with van der Waals surface area (Å²) in [6, 6.07) is 7.78. The van der Waals surface area contributed by atoms with Gasteiger partial charge in [-0.05, 0) is 30.7 Å². The summed E-state index contributed by atoms with van der Waals surface area (Å²) in [6.45, 7) is 1.49. The summed E-state index contributed by atoms with van der Waals surface area (Å²) in [6.07, 6.45) is 6.56. The summed E-state index contributed by atoms with van der Waals surface area (Å²) in [5.74, 6) is 1.46. The molecule has 2 aromatic heterocycles. The van der Waals surface area contributed by atoms with Crippen LogP contribution in [0.25, 0.3) is 0 Å². The van der Waals surface area contributed by atoms with E-state index in [1.54, 1.807) is 6.26 Å². The number of aromatic nitrogens is 1. The fraction of sp³-hybridized carbons (Fsp3) is 0.357. The fourth-order valence-electron chi connectivity index (χ4n) is 2.26. The molecule has 0 saturated heterocycles. The van der Waals surface area contributed by atoms with E-state index in [1.807, 2.05) is 36.7 Å². The van der Waals surface area contributed by atoms with Gasteiger partial charge in [-0.3, -0.25) is 4.79 Å². The Morgan fingerprint density at radius 2 is 2.22 bits per heavy atom. The normalized spacial score (nSPS) is 21.8. The summed E-state index contributed by atoms with van der Waals surface area (Å²) in [5, 5.41) is 2.97. The van der Waals surface area contributed by atoms with E-state index in [0.717, 1.165) is 18.7 Å². The van der Waals surface area contributed by atoms with Gasteiger partial charge in [-0.2, -0.15) is 0 Å². The maximum atomic E-state index is 11.9. The third-order valence-corrected chi connectivity index (χ3v) is 3.37. The molecule has 0 aromatic carbocycles. The third-order valence-electron chi connectivity index (χ3n) is 3.37. The van der Waals surface area contributed by atoms with Crippen LogP contribution in [0.5, 0.6) is 0 Å². The number of furan rings is 1. The second-order valence-electron chi connectivity index (χ2n) is 4.68. The summed E-state index contributed by atoms with van der Waals surface area (Å²) < 4.78 is 7.37. The van der Waals surface area contributed by atoms with Crippen molar-refractivity contribution < 1.29 is 9.21 Å². The molecule has 1 N–H and O–H groups in total. The van der Waals surface area contributed by atoms with Crippen LogP contribution in [0.2, 0.25) is 0 Å². The molecule has 0 radical (unpaired) electrons. The number of nitrogens with one attached hydrogen (secondary N) is 1. The molecular weight excluding hydrogens is 228 g/mol. The van der Waals surface area contributed by atoms with Crippen LogP contribution in [0.4, 0.5) is 0 Å². The summed E-state index contributed by atoms with van der Waals surface area (Å²) in [7, 11) is 0. The van der Waals surface area contributed by atoms with Crippen molar-refractivity contribution in [2.45, 2.75) is 18.9 Å². The number of carbonyl (C=O) groups excluding carboxylic acids is 1. The van der Waals surface area contributed by atoms with Crippen LogP contribution >= 0.6 is 0 Å². The Hall–Kier alpha value is -1.97. The van der Waals surface area contributed by atoms with Crippen molar-refractivity contribution in [3.63, 3.8) is 0 Å². The summed E-state index contributed by atoms with van der Waals surface area (Å²) in [5.41, 5.74) is 0. The van der Waals surface area contributed by atoms with Crippen molar-refractivity contribution >= 4 is 5.91 Å². The van der Waals surface area contributed by atoms with Crippen molar-refractivity contribution in [3.8, 4) is 0 Å². The van der Waals surface area contributed by atoms with Crippen molar-refractivity contribution in [3.05, 3.63) is 48.7 Å². The molecule has 0 aliphatic heterocycles. The molecule has 18 heavy (non-hydrogen) atoms. The smallest absolute Gasteiger partial charge is 0.223 e. The van der Waals surface area contributed by atoms with Crippen LogP contribution in [0.15, 0.2) is 47.3 Å². The van der Waals surface area contributed by atoms with Gasteiger partial charge >= 0.3 is 0 Å². The van der Waals surface area contributed by atoms with E-state index >= 15 is 0 Å². The molecular formula is C14H16N2O2. The first-order valence-electron chi connectivity index (χ1n) is 6.26. The molecule has 4 nitrogen and oxygen atoms in total. The van der Waals surface area contributed by atoms with Gasteiger partial charge in [0.1, 0.15) is 5.76 Å². The molecule has 1 saturated carbocycles. The lowest BCUT2D eigenvalue weighted by Crippen LogP contribution is -2.28. The highest BCUT2D eigenvalue weighted by Crippen LogP contribution is 2.47. The van der Waals surface area contributed by atoms with E-state index in [1.165, 1.54) is 0 Å². The highest BCUT2D eigenvalue weighted by atomic mass is 16.3. The lowest BCUT2D eigenvalue weighted by Gasteiger charge is -2.05. The van der Waals surface area contributed by atoms with Gasteiger partial charge in [-0.1, -0.05) is 0 Å². The predicted octanol–water partition coefficient (Wildman–Crippen LogP) is 2.00. The first-order chi connectivity index (χ1) is 8.84. The number of amides is 1. The minimum absolute atomic E-state index is 0.0980. The molecule has 2 atom stereocenters. The van der Waals surface area contributed by atoms with Gasteiger partial charge < -0.3 is 14.3 Å². The molecule has 0 unspecified atom stereocenters. The molecule has 4 heteroatoms. The fourth-order valence-corrected chi connectivity index (χ4v) is 2.26. The molecule has 1 aliphatic rings. The van der Waals surface area contributed by atoms with E-state index in [0.29, 0.717) is 6.54 Å². The van der Waals surface area contributed by atoms with Gasteiger partial charge in [0.25, 0.3) is 0 Å². The average Bonchev–Trinajstić information content (AvgIpc) is 2.84. The molecule has 1 amide bonds. The molecule has 2 heterocycles. The Labute approximate surface area is 106 Å². The minimum Gasteiger partial charge on any atom is -0.469 e. The van der Waals surface area contributed by atoms with Gasteiger partial charge in [-0.25, -0.2) is 0 Å². The van der Waals surface area contributed by atoms with Crippen molar-refractivity contribution in [2.75, 3.05) is 6.54 Å². The lowest BCUT2D eigenvalue weighted by molar-refractivity contribution is -0.122. The van der Waals surface area contributed by atoms with E-state index in [4.69, 9.17) is 4.42 Å². The SMILES string of the molecule is O=C(NCCn1cccc1)[C@@H]1C[C@H]1c1ccco1. The van der Waals surface area contributed by atoms with Gasteiger partial charge in [-0.15, -0.1) is 0 Å². The zero-order valence-corrected chi connectivity index (χ0v) is 10.1. The van der Waals surface area contributed by atoms with Crippen LogP contribution in [-0.4, -0.2) is 17.0 Å². The number of rotatable bonds is 5. The predicted molar refractivity (Wildman–Crippen MR) is 67.0 cm³/mol. The monoisotopic (exact) mass is 244 g/mol. The van der Waals surface area contributed by atoms with Gasteiger partial charge in [0.15, 0.2) is 0 Å². The van der Waals surface area contributed by atoms with Crippen LogP contribution in [0, 0.1) is 5.92 Å². The Kier molecular flexibility index (Phi) is 2.92. The third kappa shape index (κ3) is 2.32. The van der Waals surface area contributed by atoms with Crippen LogP contribution in [0.1, 0.15) is 18.1 Å². The maximum Gasteiger partial charge on any atom is 0.223 e. The standard InChI is InChI=1S/C14H16N2O2/c17-14(15-5-8-16-6-1-2-7-16)12-10-11(12)13-4-3-9-18-13/h1-4,6-7,9,11-12H,5,8,10H2,(H,15,17)/t11-,12-/m1/s1. The first kappa shape index (κ1) is 11.1. The Morgan fingerprint density at radius 1 is 1.39 bits per heavy atom. The number of hydrogen-bond donors (Lipinski definition) is 1. The molecule has 2 aromatic rings. The Balaban J connectivity index is 1.43. The largest absolute Gasteiger partial charge is 0.469 e. The molecule has 0 spiro atoms. The second kappa shape index (κ2) is 4.72. The van der Waals surface area contributed by atoms with E-state index in [2.05, 4.69) is 9.88 Å². The van der Waals surface area contributed by atoms with Crippen LogP contribution in [0.3, 0.4) is 0 Å². The second-order valence-corrected chi connectivity index (χ2v) is 4.68. The van der Waals surface area contributed by atoms with E-state index in [9.17, 15) is 4.79 Å². The summed E-state index contributed by atoms with van der Waals surface area (Å²) >= 11 is 0. The lowest BCUT2D eigenvalue weighted by atomic mass is 10.2. The minimum atomic E-state index is 0.0980. The van der Waals surface area contributed by atoms with Crippen LogP contribution in [-0.2, 0) is 11.3 Å². The number of hydrogen-bond acceptors (Lipinski definition) is 2. The van der Waals surface area contributed by atoms with Gasteiger partial charge in [0.05, 0.1) is 6.26 Å². The molecule has 0 bridgehead atoms. The zero-order chi connectivity index (χ0) is 12.4.